The molecule has 0 bridgehead atoms. The highest BCUT2D eigenvalue weighted by Gasteiger charge is 2.20. The molecule has 1 aliphatic rings. The van der Waals surface area contributed by atoms with Gasteiger partial charge in [-0.3, -0.25) is 19.5 Å². The lowest BCUT2D eigenvalue weighted by Crippen LogP contribution is -2.50. The Kier molecular flexibility index (Phi) is 4.57. The molecule has 1 fully saturated rings. The summed E-state index contributed by atoms with van der Waals surface area (Å²) < 4.78 is 0. The number of hydrogen-bond acceptors (Lipinski definition) is 5. The fourth-order valence-electron chi connectivity index (χ4n) is 2.80. The van der Waals surface area contributed by atoms with Crippen LogP contribution in [0.3, 0.4) is 0 Å². The molecule has 1 saturated heterocycles. The van der Waals surface area contributed by atoms with Crippen LogP contribution >= 0.6 is 0 Å². The van der Waals surface area contributed by atoms with Crippen LogP contribution in [-0.2, 0) is 4.79 Å². The van der Waals surface area contributed by atoms with Crippen LogP contribution in [0.4, 0.5) is 5.95 Å². The Labute approximate surface area is 134 Å². The number of para-hydroxylation sites is 1. The molecule has 2 aromatic rings. The van der Waals surface area contributed by atoms with Crippen LogP contribution < -0.4 is 15.8 Å². The van der Waals surface area contributed by atoms with Crippen molar-refractivity contribution in [1.29, 1.82) is 0 Å². The van der Waals surface area contributed by atoms with E-state index in [0.717, 1.165) is 26.2 Å². The van der Waals surface area contributed by atoms with Gasteiger partial charge >= 0.3 is 0 Å². The van der Waals surface area contributed by atoms with Crippen LogP contribution in [0.25, 0.3) is 10.9 Å². The third kappa shape index (κ3) is 3.50. The monoisotopic (exact) mass is 315 g/mol. The molecule has 3 rings (SSSR count). The van der Waals surface area contributed by atoms with E-state index in [0.29, 0.717) is 29.9 Å². The molecule has 1 aliphatic heterocycles. The zero-order valence-corrected chi connectivity index (χ0v) is 13.2. The number of aromatic amines is 1. The van der Waals surface area contributed by atoms with Gasteiger partial charge in [-0.25, -0.2) is 4.98 Å². The van der Waals surface area contributed by atoms with Gasteiger partial charge in [-0.05, 0) is 19.1 Å². The summed E-state index contributed by atoms with van der Waals surface area (Å²) in [4.78, 5) is 35.3. The molecule has 1 aromatic heterocycles. The van der Waals surface area contributed by atoms with Crippen molar-refractivity contribution in [3.63, 3.8) is 0 Å². The SMILES string of the molecule is CCNC(=O)CN1CCN(c2nc3ccccc3c(=O)[nH]2)CC1. The Morgan fingerprint density at radius 2 is 2.00 bits per heavy atom. The van der Waals surface area contributed by atoms with Crippen LogP contribution in [0, 0.1) is 0 Å². The van der Waals surface area contributed by atoms with Crippen LogP contribution in [0.15, 0.2) is 29.1 Å². The predicted molar refractivity (Wildman–Crippen MR) is 89.7 cm³/mol. The number of nitrogens with zero attached hydrogens (tertiary/aromatic N) is 3. The molecule has 23 heavy (non-hydrogen) atoms. The Morgan fingerprint density at radius 1 is 1.26 bits per heavy atom. The predicted octanol–water partition coefficient (Wildman–Crippen LogP) is 0.181. The van der Waals surface area contributed by atoms with Gasteiger partial charge in [0.1, 0.15) is 0 Å². The zero-order valence-electron chi connectivity index (χ0n) is 13.2. The molecule has 1 aromatic carbocycles. The molecule has 0 atom stereocenters. The number of likely N-dealkylation sites (N-methyl/N-ethyl adjacent to an activating group) is 1. The van der Waals surface area contributed by atoms with Crippen molar-refractivity contribution in [2.75, 3.05) is 44.2 Å². The Bertz CT molecular complexity index is 749. The molecule has 0 unspecified atom stereocenters. The number of H-pyrrole nitrogens is 1. The van der Waals surface area contributed by atoms with Gasteiger partial charge in [0.2, 0.25) is 11.9 Å². The molecule has 7 nitrogen and oxygen atoms in total. The minimum absolute atomic E-state index is 0.0539. The largest absolute Gasteiger partial charge is 0.355 e. The Morgan fingerprint density at radius 3 is 2.74 bits per heavy atom. The summed E-state index contributed by atoms with van der Waals surface area (Å²) in [5, 5.41) is 3.41. The lowest BCUT2D eigenvalue weighted by atomic mass is 10.2. The Hall–Kier alpha value is -2.41. The van der Waals surface area contributed by atoms with Crippen molar-refractivity contribution >= 4 is 22.8 Å². The molecule has 2 heterocycles. The maximum atomic E-state index is 12.1. The summed E-state index contributed by atoms with van der Waals surface area (Å²) in [6.45, 7) is 6.00. The van der Waals surface area contributed by atoms with Gasteiger partial charge in [-0.2, -0.15) is 0 Å². The van der Waals surface area contributed by atoms with E-state index in [1.54, 1.807) is 6.07 Å². The van der Waals surface area contributed by atoms with Gasteiger partial charge in [0.05, 0.1) is 17.4 Å². The average Bonchev–Trinajstić information content (AvgIpc) is 2.56. The number of benzene rings is 1. The van der Waals surface area contributed by atoms with Gasteiger partial charge in [0.15, 0.2) is 0 Å². The molecular formula is C16H21N5O2. The van der Waals surface area contributed by atoms with Gasteiger partial charge in [0.25, 0.3) is 5.56 Å². The second-order valence-electron chi connectivity index (χ2n) is 5.62. The number of piperazine rings is 1. The first-order valence-electron chi connectivity index (χ1n) is 7.90. The second-order valence-corrected chi connectivity index (χ2v) is 5.62. The number of nitrogens with one attached hydrogen (secondary N) is 2. The van der Waals surface area contributed by atoms with Crippen molar-refractivity contribution in [2.45, 2.75) is 6.92 Å². The standard InChI is InChI=1S/C16H21N5O2/c1-2-17-14(22)11-20-7-9-21(10-8-20)16-18-13-6-4-3-5-12(13)15(23)19-16/h3-6H,2,7-11H2,1H3,(H,17,22)(H,18,19,23). The second kappa shape index (κ2) is 6.78. The summed E-state index contributed by atoms with van der Waals surface area (Å²) in [6.07, 6.45) is 0. The zero-order chi connectivity index (χ0) is 16.2. The highest BCUT2D eigenvalue weighted by molar-refractivity contribution is 5.78. The van der Waals surface area contributed by atoms with E-state index in [2.05, 4.69) is 25.1 Å². The fourth-order valence-corrected chi connectivity index (χ4v) is 2.80. The summed E-state index contributed by atoms with van der Waals surface area (Å²) in [5.74, 6) is 0.657. The van der Waals surface area contributed by atoms with E-state index in [4.69, 9.17) is 0 Å². The van der Waals surface area contributed by atoms with E-state index in [9.17, 15) is 9.59 Å². The number of hydrogen-bond donors (Lipinski definition) is 2. The minimum atomic E-state index is -0.115. The topological polar surface area (TPSA) is 81.3 Å². The van der Waals surface area contributed by atoms with Crippen molar-refractivity contribution < 1.29 is 4.79 Å². The number of carbonyl (C=O) groups excluding carboxylic acids is 1. The van der Waals surface area contributed by atoms with E-state index >= 15 is 0 Å². The molecule has 1 amide bonds. The van der Waals surface area contributed by atoms with E-state index < -0.39 is 0 Å². The summed E-state index contributed by atoms with van der Waals surface area (Å²) in [7, 11) is 0. The number of anilines is 1. The fraction of sp³-hybridized carbons (Fsp3) is 0.438. The molecule has 7 heteroatoms. The third-order valence-electron chi connectivity index (χ3n) is 4.01. The first-order chi connectivity index (χ1) is 11.2. The quantitative estimate of drug-likeness (QED) is 0.841. The van der Waals surface area contributed by atoms with Gasteiger partial charge < -0.3 is 10.2 Å². The minimum Gasteiger partial charge on any atom is -0.355 e. The molecule has 0 radical (unpaired) electrons. The summed E-state index contributed by atoms with van der Waals surface area (Å²) >= 11 is 0. The number of aromatic nitrogens is 2. The first kappa shape index (κ1) is 15.5. The number of rotatable bonds is 4. The van der Waals surface area contributed by atoms with Crippen LogP contribution in [0.2, 0.25) is 0 Å². The third-order valence-corrected chi connectivity index (χ3v) is 4.01. The smallest absolute Gasteiger partial charge is 0.260 e. The van der Waals surface area contributed by atoms with E-state index in [-0.39, 0.29) is 11.5 Å². The van der Waals surface area contributed by atoms with Crippen molar-refractivity contribution in [3.8, 4) is 0 Å². The highest BCUT2D eigenvalue weighted by atomic mass is 16.2. The van der Waals surface area contributed by atoms with Crippen LogP contribution in [0.1, 0.15) is 6.92 Å². The maximum Gasteiger partial charge on any atom is 0.260 e. The average molecular weight is 315 g/mol. The van der Waals surface area contributed by atoms with Crippen molar-refractivity contribution in [3.05, 3.63) is 34.6 Å². The molecule has 2 N–H and O–H groups in total. The van der Waals surface area contributed by atoms with Gasteiger partial charge in [-0.15, -0.1) is 0 Å². The number of amides is 1. The first-order valence-corrected chi connectivity index (χ1v) is 7.90. The molecular weight excluding hydrogens is 294 g/mol. The van der Waals surface area contributed by atoms with Crippen LogP contribution in [0.5, 0.6) is 0 Å². The molecule has 0 saturated carbocycles. The number of fused-ring (bicyclic) bond motifs is 1. The maximum absolute atomic E-state index is 12.1. The van der Waals surface area contributed by atoms with Gasteiger partial charge in [0, 0.05) is 32.7 Å². The van der Waals surface area contributed by atoms with Crippen molar-refractivity contribution in [2.24, 2.45) is 0 Å². The van der Waals surface area contributed by atoms with E-state index in [1.807, 2.05) is 25.1 Å². The Balaban J connectivity index is 1.68. The van der Waals surface area contributed by atoms with Crippen molar-refractivity contribution in [1.82, 2.24) is 20.2 Å². The summed E-state index contributed by atoms with van der Waals surface area (Å²) in [6, 6.07) is 7.33. The molecule has 122 valence electrons. The lowest BCUT2D eigenvalue weighted by Gasteiger charge is -2.34. The normalized spacial score (nSPS) is 15.8. The van der Waals surface area contributed by atoms with E-state index in [1.165, 1.54) is 0 Å². The number of carbonyl (C=O) groups is 1. The van der Waals surface area contributed by atoms with Crippen LogP contribution in [-0.4, -0.2) is 60.0 Å². The molecule has 0 aliphatic carbocycles. The lowest BCUT2D eigenvalue weighted by molar-refractivity contribution is -0.122. The van der Waals surface area contributed by atoms with Gasteiger partial charge in [-0.1, -0.05) is 12.1 Å². The molecule has 0 spiro atoms. The summed E-state index contributed by atoms with van der Waals surface area (Å²) in [5.41, 5.74) is 0.589. The highest BCUT2D eigenvalue weighted by Crippen LogP contribution is 2.13.